The molecular weight excluding hydrogens is 399 g/mol. The normalized spacial score (nSPS) is 25.8. The van der Waals surface area contributed by atoms with Crippen LogP contribution in [0.25, 0.3) is 0 Å². The van der Waals surface area contributed by atoms with Gasteiger partial charge >= 0.3 is 6.03 Å². The van der Waals surface area contributed by atoms with Crippen LogP contribution < -0.4 is 0 Å². The number of carbonyl (C=O) groups excluding carboxylic acids is 2. The molecule has 8 heteroatoms. The number of halogens is 2. The number of benzene rings is 1. The fourth-order valence-electron chi connectivity index (χ4n) is 4.41. The third kappa shape index (κ3) is 4.90. The Balaban J connectivity index is 1.24. The van der Waals surface area contributed by atoms with Crippen molar-refractivity contribution in [2.24, 2.45) is 5.92 Å². The van der Waals surface area contributed by atoms with Gasteiger partial charge in [-0.2, -0.15) is 0 Å². The Morgan fingerprint density at radius 3 is 2.72 bits per heavy atom. The van der Waals surface area contributed by atoms with Gasteiger partial charge in [-0.1, -0.05) is 17.7 Å². The summed E-state index contributed by atoms with van der Waals surface area (Å²) in [5, 5.41) is 0.367. The lowest BCUT2D eigenvalue weighted by Gasteiger charge is -2.43. The van der Waals surface area contributed by atoms with E-state index in [-0.39, 0.29) is 42.4 Å². The Hall–Kier alpha value is -1.70. The monoisotopic (exact) mass is 424 g/mol. The van der Waals surface area contributed by atoms with E-state index in [2.05, 4.69) is 0 Å². The molecule has 0 unspecified atom stereocenters. The molecule has 0 bridgehead atoms. The smallest absolute Gasteiger partial charge is 0.320 e. The maximum atomic E-state index is 13.1. The molecule has 3 aliphatic rings. The van der Waals surface area contributed by atoms with E-state index in [1.807, 2.05) is 9.80 Å². The van der Waals surface area contributed by atoms with E-state index in [1.54, 1.807) is 6.07 Å². The van der Waals surface area contributed by atoms with Gasteiger partial charge in [0.1, 0.15) is 12.4 Å². The lowest BCUT2D eigenvalue weighted by Crippen LogP contribution is -2.55. The van der Waals surface area contributed by atoms with Gasteiger partial charge in [0.25, 0.3) is 0 Å². The summed E-state index contributed by atoms with van der Waals surface area (Å²) in [6.45, 7) is 3.09. The molecular formula is C21H26ClFN2O4. The highest BCUT2D eigenvalue weighted by atomic mass is 35.5. The minimum atomic E-state index is -0.362. The molecule has 1 aromatic rings. The van der Waals surface area contributed by atoms with Crippen LogP contribution in [0.3, 0.4) is 0 Å². The quantitative estimate of drug-likeness (QED) is 0.747. The topological polar surface area (TPSA) is 59.1 Å². The van der Waals surface area contributed by atoms with Crippen molar-refractivity contribution in [2.75, 3.05) is 32.8 Å². The van der Waals surface area contributed by atoms with Gasteiger partial charge in [-0.25, -0.2) is 9.18 Å². The number of ether oxygens (including phenoxy) is 2. The molecule has 0 aliphatic carbocycles. The molecule has 0 spiro atoms. The van der Waals surface area contributed by atoms with Crippen molar-refractivity contribution in [2.45, 2.75) is 44.5 Å². The highest BCUT2D eigenvalue weighted by Gasteiger charge is 2.38. The number of hydrogen-bond donors (Lipinski definition) is 0. The summed E-state index contributed by atoms with van der Waals surface area (Å²) in [6, 6.07) is 4.34. The van der Waals surface area contributed by atoms with Gasteiger partial charge in [-0.15, -0.1) is 0 Å². The van der Waals surface area contributed by atoms with Gasteiger partial charge in [0.15, 0.2) is 5.78 Å². The fourth-order valence-corrected chi connectivity index (χ4v) is 4.63. The highest BCUT2D eigenvalue weighted by molar-refractivity contribution is 6.31. The Morgan fingerprint density at radius 2 is 1.97 bits per heavy atom. The second-order valence-electron chi connectivity index (χ2n) is 8.10. The van der Waals surface area contributed by atoms with E-state index in [1.165, 1.54) is 12.1 Å². The van der Waals surface area contributed by atoms with Gasteiger partial charge in [0.05, 0.1) is 18.8 Å². The fraction of sp³-hybridized carbons (Fsp3) is 0.619. The standard InChI is InChI=1S/C21H26ClFN2O4/c22-19-10-16(23)2-1-14(19)12-28-18-3-6-24(7-4-18)21(27)25-8-5-20-15(11-25)9-17(26)13-29-20/h1-2,10,15,18,20H,3-9,11-13H2/t15-,20+/m1/s1. The number of piperidine rings is 2. The predicted molar refractivity (Wildman–Crippen MR) is 105 cm³/mol. The average Bonchev–Trinajstić information content (AvgIpc) is 2.72. The van der Waals surface area contributed by atoms with Crippen LogP contribution in [-0.4, -0.2) is 66.6 Å². The Bertz CT molecular complexity index is 769. The van der Waals surface area contributed by atoms with E-state index < -0.39 is 0 Å². The summed E-state index contributed by atoms with van der Waals surface area (Å²) in [5.41, 5.74) is 0.763. The molecule has 4 rings (SSSR count). The molecule has 1 aromatic carbocycles. The zero-order chi connectivity index (χ0) is 20.4. The number of ketones is 1. The molecule has 6 nitrogen and oxygen atoms in total. The van der Waals surface area contributed by atoms with Gasteiger partial charge in [-0.3, -0.25) is 4.79 Å². The Labute approximate surface area is 174 Å². The first kappa shape index (κ1) is 20.6. The van der Waals surface area contributed by atoms with E-state index in [0.29, 0.717) is 44.2 Å². The number of Topliss-reactive ketones (excluding diaryl/α,β-unsaturated/α-hetero) is 1. The molecule has 158 valence electrons. The molecule has 3 heterocycles. The van der Waals surface area contributed by atoms with Crippen LogP contribution in [0.4, 0.5) is 9.18 Å². The lowest BCUT2D eigenvalue weighted by atomic mass is 9.88. The molecule has 3 saturated heterocycles. The minimum absolute atomic E-state index is 0.0431. The second kappa shape index (κ2) is 8.98. The van der Waals surface area contributed by atoms with Crippen LogP contribution >= 0.6 is 11.6 Å². The third-order valence-electron chi connectivity index (χ3n) is 6.09. The van der Waals surface area contributed by atoms with Crippen molar-refractivity contribution in [3.8, 4) is 0 Å². The minimum Gasteiger partial charge on any atom is -0.373 e. The van der Waals surface area contributed by atoms with Gasteiger partial charge in [0.2, 0.25) is 0 Å². The van der Waals surface area contributed by atoms with Gasteiger partial charge < -0.3 is 19.3 Å². The van der Waals surface area contributed by atoms with Crippen molar-refractivity contribution in [3.05, 3.63) is 34.6 Å². The van der Waals surface area contributed by atoms with Crippen molar-refractivity contribution in [3.63, 3.8) is 0 Å². The molecule has 0 aromatic heterocycles. The van der Waals surface area contributed by atoms with Crippen molar-refractivity contribution in [1.82, 2.24) is 9.80 Å². The second-order valence-corrected chi connectivity index (χ2v) is 8.51. The summed E-state index contributed by atoms with van der Waals surface area (Å²) < 4.78 is 24.7. The SMILES string of the molecule is O=C1CO[C@H]2CCN(C(=O)N3CCC(OCc4ccc(F)cc4Cl)CC3)C[C@H]2C1. The Morgan fingerprint density at radius 1 is 1.21 bits per heavy atom. The molecule has 0 N–H and O–H groups in total. The molecule has 0 saturated carbocycles. The summed E-state index contributed by atoms with van der Waals surface area (Å²) in [7, 11) is 0. The summed E-state index contributed by atoms with van der Waals surface area (Å²) in [6.07, 6.45) is 2.97. The van der Waals surface area contributed by atoms with Crippen LogP contribution in [0.5, 0.6) is 0 Å². The molecule has 29 heavy (non-hydrogen) atoms. The first-order valence-corrected chi connectivity index (χ1v) is 10.6. The van der Waals surface area contributed by atoms with Crippen LogP contribution in [0, 0.1) is 11.7 Å². The molecule has 2 atom stereocenters. The third-order valence-corrected chi connectivity index (χ3v) is 6.44. The van der Waals surface area contributed by atoms with E-state index in [9.17, 15) is 14.0 Å². The first-order chi connectivity index (χ1) is 14.0. The maximum Gasteiger partial charge on any atom is 0.320 e. The van der Waals surface area contributed by atoms with Crippen molar-refractivity contribution in [1.29, 1.82) is 0 Å². The van der Waals surface area contributed by atoms with Crippen LogP contribution in [-0.2, 0) is 20.9 Å². The summed E-state index contributed by atoms with van der Waals surface area (Å²) in [5.74, 6) is -0.117. The number of fused-ring (bicyclic) bond motifs is 1. The van der Waals surface area contributed by atoms with Crippen LogP contribution in [0.2, 0.25) is 5.02 Å². The maximum absolute atomic E-state index is 13.1. The number of rotatable bonds is 3. The van der Waals surface area contributed by atoms with Gasteiger partial charge in [0, 0.05) is 43.5 Å². The zero-order valence-electron chi connectivity index (χ0n) is 16.3. The highest BCUT2D eigenvalue weighted by Crippen LogP contribution is 2.28. The number of carbonyl (C=O) groups is 2. The van der Waals surface area contributed by atoms with E-state index in [4.69, 9.17) is 21.1 Å². The van der Waals surface area contributed by atoms with Crippen molar-refractivity contribution >= 4 is 23.4 Å². The molecule has 3 aliphatic heterocycles. The van der Waals surface area contributed by atoms with E-state index in [0.717, 1.165) is 24.8 Å². The number of likely N-dealkylation sites (tertiary alicyclic amines) is 2. The van der Waals surface area contributed by atoms with Crippen LogP contribution in [0.1, 0.15) is 31.2 Å². The number of hydrogen-bond acceptors (Lipinski definition) is 4. The van der Waals surface area contributed by atoms with Crippen molar-refractivity contribution < 1.29 is 23.5 Å². The number of urea groups is 1. The number of amides is 2. The molecule has 0 radical (unpaired) electrons. The first-order valence-electron chi connectivity index (χ1n) is 10.2. The average molecular weight is 425 g/mol. The largest absolute Gasteiger partial charge is 0.373 e. The Kier molecular flexibility index (Phi) is 6.37. The summed E-state index contributed by atoms with van der Waals surface area (Å²) >= 11 is 6.05. The zero-order valence-corrected chi connectivity index (χ0v) is 17.1. The van der Waals surface area contributed by atoms with Crippen LogP contribution in [0.15, 0.2) is 18.2 Å². The van der Waals surface area contributed by atoms with Gasteiger partial charge in [-0.05, 0) is 37.0 Å². The molecule has 2 amide bonds. The lowest BCUT2D eigenvalue weighted by molar-refractivity contribution is -0.140. The predicted octanol–water partition coefficient (Wildman–Crippen LogP) is 3.26. The molecule has 3 fully saturated rings. The number of nitrogens with zero attached hydrogens (tertiary/aromatic N) is 2. The summed E-state index contributed by atoms with van der Waals surface area (Å²) in [4.78, 5) is 28.3. The van der Waals surface area contributed by atoms with E-state index >= 15 is 0 Å².